The highest BCUT2D eigenvalue weighted by atomic mass is 35.5. The first-order valence-corrected chi connectivity index (χ1v) is 5.17. The zero-order chi connectivity index (χ0) is 13.0. The SMILES string of the molecule is C#CCC(C)Nc1c([N+](=O)[O-])ccc(Cl)c1F. The van der Waals surface area contributed by atoms with Gasteiger partial charge in [-0.2, -0.15) is 0 Å². The summed E-state index contributed by atoms with van der Waals surface area (Å²) in [5.74, 6) is 1.54. The maximum absolute atomic E-state index is 13.7. The molecule has 1 rings (SSSR count). The largest absolute Gasteiger partial charge is 0.374 e. The lowest BCUT2D eigenvalue weighted by Gasteiger charge is -2.13. The highest BCUT2D eigenvalue weighted by Crippen LogP contribution is 2.32. The Balaban J connectivity index is 3.15. The quantitative estimate of drug-likeness (QED) is 0.511. The fourth-order valence-corrected chi connectivity index (χ4v) is 1.46. The van der Waals surface area contributed by atoms with Crippen molar-refractivity contribution < 1.29 is 9.31 Å². The van der Waals surface area contributed by atoms with Crippen molar-refractivity contribution in [2.45, 2.75) is 19.4 Å². The number of benzene rings is 1. The van der Waals surface area contributed by atoms with E-state index >= 15 is 0 Å². The highest BCUT2D eigenvalue weighted by Gasteiger charge is 2.21. The molecule has 0 radical (unpaired) electrons. The summed E-state index contributed by atoms with van der Waals surface area (Å²) in [4.78, 5) is 10.1. The van der Waals surface area contributed by atoms with Gasteiger partial charge in [-0.15, -0.1) is 12.3 Å². The van der Waals surface area contributed by atoms with E-state index in [4.69, 9.17) is 18.0 Å². The summed E-state index contributed by atoms with van der Waals surface area (Å²) >= 11 is 5.57. The molecule has 0 heterocycles. The second-order valence-electron chi connectivity index (χ2n) is 3.47. The van der Waals surface area contributed by atoms with Gasteiger partial charge in [-0.05, 0) is 13.0 Å². The molecule has 0 fully saturated rings. The van der Waals surface area contributed by atoms with Gasteiger partial charge in [-0.25, -0.2) is 4.39 Å². The number of hydrogen-bond donors (Lipinski definition) is 1. The van der Waals surface area contributed by atoms with Crippen molar-refractivity contribution >= 4 is 23.0 Å². The number of halogens is 2. The molecule has 4 nitrogen and oxygen atoms in total. The molecule has 1 aromatic rings. The number of terminal acetylenes is 1. The van der Waals surface area contributed by atoms with Crippen molar-refractivity contribution in [1.82, 2.24) is 0 Å². The van der Waals surface area contributed by atoms with Gasteiger partial charge < -0.3 is 5.32 Å². The molecule has 17 heavy (non-hydrogen) atoms. The van der Waals surface area contributed by atoms with Crippen LogP contribution >= 0.6 is 11.6 Å². The number of nitro groups is 1. The monoisotopic (exact) mass is 256 g/mol. The third-order valence-corrected chi connectivity index (χ3v) is 2.38. The van der Waals surface area contributed by atoms with E-state index in [1.807, 2.05) is 0 Å². The van der Waals surface area contributed by atoms with Crippen LogP contribution in [-0.2, 0) is 0 Å². The van der Waals surface area contributed by atoms with Crippen molar-refractivity contribution in [3.8, 4) is 12.3 Å². The molecule has 0 aromatic heterocycles. The molecule has 1 unspecified atom stereocenters. The second-order valence-corrected chi connectivity index (χ2v) is 3.87. The van der Waals surface area contributed by atoms with Crippen molar-refractivity contribution in [2.24, 2.45) is 0 Å². The summed E-state index contributed by atoms with van der Waals surface area (Å²) in [5.41, 5.74) is -0.596. The molecule has 0 saturated heterocycles. The summed E-state index contributed by atoms with van der Waals surface area (Å²) in [6, 6.07) is 2.01. The van der Waals surface area contributed by atoms with E-state index in [1.54, 1.807) is 6.92 Å². The van der Waals surface area contributed by atoms with Gasteiger partial charge in [-0.1, -0.05) is 11.6 Å². The molecule has 0 aliphatic heterocycles. The Morgan fingerprint density at radius 3 is 2.88 bits per heavy atom. The van der Waals surface area contributed by atoms with E-state index < -0.39 is 10.7 Å². The number of anilines is 1. The van der Waals surface area contributed by atoms with Crippen LogP contribution in [0.4, 0.5) is 15.8 Å². The van der Waals surface area contributed by atoms with Crippen LogP contribution in [0.2, 0.25) is 5.02 Å². The Bertz CT molecular complexity index is 485. The maximum Gasteiger partial charge on any atom is 0.295 e. The Morgan fingerprint density at radius 2 is 2.35 bits per heavy atom. The van der Waals surface area contributed by atoms with E-state index in [-0.39, 0.29) is 22.4 Å². The first-order valence-electron chi connectivity index (χ1n) is 4.79. The summed E-state index contributed by atoms with van der Waals surface area (Å²) in [6.07, 6.45) is 5.43. The van der Waals surface area contributed by atoms with Gasteiger partial charge in [0.05, 0.1) is 9.95 Å². The third kappa shape index (κ3) is 3.08. The Kier molecular flexibility index (Phi) is 4.30. The molecule has 0 bridgehead atoms. The Labute approximate surface area is 103 Å². The van der Waals surface area contributed by atoms with E-state index in [2.05, 4.69) is 11.2 Å². The summed E-state index contributed by atoms with van der Waals surface area (Å²) in [6.45, 7) is 1.70. The second kappa shape index (κ2) is 5.51. The normalized spacial score (nSPS) is 11.6. The molecule has 1 aromatic carbocycles. The minimum Gasteiger partial charge on any atom is -0.374 e. The molecule has 1 atom stereocenters. The molecule has 90 valence electrons. The van der Waals surface area contributed by atoms with Crippen molar-refractivity contribution in [1.29, 1.82) is 0 Å². The highest BCUT2D eigenvalue weighted by molar-refractivity contribution is 6.31. The smallest absolute Gasteiger partial charge is 0.295 e. The number of hydrogen-bond acceptors (Lipinski definition) is 3. The standard InChI is InChI=1S/C11H10ClFN2O2/c1-3-4-7(2)14-11-9(15(16)17)6-5-8(12)10(11)13/h1,5-7,14H,4H2,2H3. The minimum absolute atomic E-state index is 0.175. The average molecular weight is 257 g/mol. The third-order valence-electron chi connectivity index (χ3n) is 2.08. The fourth-order valence-electron chi connectivity index (χ4n) is 1.30. The van der Waals surface area contributed by atoms with Gasteiger partial charge in [0, 0.05) is 18.5 Å². The van der Waals surface area contributed by atoms with Crippen LogP contribution in [0, 0.1) is 28.3 Å². The van der Waals surface area contributed by atoms with Gasteiger partial charge in [0.1, 0.15) is 0 Å². The Morgan fingerprint density at radius 1 is 1.71 bits per heavy atom. The van der Waals surface area contributed by atoms with Gasteiger partial charge in [0.25, 0.3) is 5.69 Å². The number of rotatable bonds is 4. The lowest BCUT2D eigenvalue weighted by Crippen LogP contribution is -2.16. The van der Waals surface area contributed by atoms with E-state index in [9.17, 15) is 14.5 Å². The number of nitrogens with zero attached hydrogens (tertiary/aromatic N) is 1. The molecule has 0 spiro atoms. The van der Waals surface area contributed by atoms with Crippen LogP contribution in [0.15, 0.2) is 12.1 Å². The first-order chi connectivity index (χ1) is 7.97. The van der Waals surface area contributed by atoms with Gasteiger partial charge >= 0.3 is 0 Å². The topological polar surface area (TPSA) is 55.2 Å². The van der Waals surface area contributed by atoms with Crippen LogP contribution in [0.25, 0.3) is 0 Å². The average Bonchev–Trinajstić information content (AvgIpc) is 2.25. The van der Waals surface area contributed by atoms with Gasteiger partial charge in [0.15, 0.2) is 11.5 Å². The van der Waals surface area contributed by atoms with Gasteiger partial charge in [0.2, 0.25) is 0 Å². The van der Waals surface area contributed by atoms with Crippen LogP contribution in [0.5, 0.6) is 0 Å². The molecular weight excluding hydrogens is 247 g/mol. The van der Waals surface area contributed by atoms with E-state index in [0.29, 0.717) is 6.42 Å². The van der Waals surface area contributed by atoms with Crippen LogP contribution < -0.4 is 5.32 Å². The van der Waals surface area contributed by atoms with Crippen molar-refractivity contribution in [3.63, 3.8) is 0 Å². The van der Waals surface area contributed by atoms with Crippen molar-refractivity contribution in [2.75, 3.05) is 5.32 Å². The predicted octanol–water partition coefficient (Wildman–Crippen LogP) is 3.21. The summed E-state index contributed by atoms with van der Waals surface area (Å²) in [7, 11) is 0. The number of nitro benzene ring substituents is 1. The van der Waals surface area contributed by atoms with E-state index in [0.717, 1.165) is 12.1 Å². The predicted molar refractivity (Wildman–Crippen MR) is 64.6 cm³/mol. The maximum atomic E-state index is 13.7. The summed E-state index contributed by atoms with van der Waals surface area (Å²) in [5, 5.41) is 13.2. The lowest BCUT2D eigenvalue weighted by atomic mass is 10.2. The molecule has 0 amide bonds. The molecule has 6 heteroatoms. The fraction of sp³-hybridized carbons (Fsp3) is 0.273. The molecule has 0 saturated carbocycles. The van der Waals surface area contributed by atoms with Crippen LogP contribution in [-0.4, -0.2) is 11.0 Å². The molecule has 0 aliphatic rings. The number of nitrogens with one attached hydrogen (secondary N) is 1. The molecular formula is C11H10ClFN2O2. The van der Waals surface area contributed by atoms with E-state index in [1.165, 1.54) is 0 Å². The first kappa shape index (κ1) is 13.3. The van der Waals surface area contributed by atoms with Crippen LogP contribution in [0.3, 0.4) is 0 Å². The minimum atomic E-state index is -0.843. The van der Waals surface area contributed by atoms with Crippen LogP contribution in [0.1, 0.15) is 13.3 Å². The summed E-state index contributed by atoms with van der Waals surface area (Å²) < 4.78 is 13.7. The van der Waals surface area contributed by atoms with Crippen molar-refractivity contribution in [3.05, 3.63) is 33.1 Å². The zero-order valence-electron chi connectivity index (χ0n) is 9.04. The lowest BCUT2D eigenvalue weighted by molar-refractivity contribution is -0.384. The Hall–Kier alpha value is -1.80. The molecule has 1 N–H and O–H groups in total. The zero-order valence-corrected chi connectivity index (χ0v) is 9.79. The van der Waals surface area contributed by atoms with Gasteiger partial charge in [-0.3, -0.25) is 10.1 Å². The molecule has 0 aliphatic carbocycles.